The number of nitrogens with zero attached hydrogens (tertiary/aromatic N) is 2. The van der Waals surface area contributed by atoms with Gasteiger partial charge in [0.05, 0.1) is 30.1 Å². The van der Waals surface area contributed by atoms with Crippen LogP contribution in [-0.4, -0.2) is 67.6 Å². The molecule has 1 unspecified atom stereocenters. The van der Waals surface area contributed by atoms with Gasteiger partial charge in [0.2, 0.25) is 5.91 Å². The highest BCUT2D eigenvalue weighted by Crippen LogP contribution is 2.32. The Kier molecular flexibility index (Phi) is 5.84. The van der Waals surface area contributed by atoms with Crippen LogP contribution in [0.4, 0.5) is 20.6 Å². The minimum atomic E-state index is -0.738. The first-order chi connectivity index (χ1) is 14.3. The van der Waals surface area contributed by atoms with Crippen LogP contribution < -0.4 is 20.4 Å². The Morgan fingerprint density at radius 2 is 2.07 bits per heavy atom. The Labute approximate surface area is 175 Å². The molecule has 0 aromatic heterocycles. The van der Waals surface area contributed by atoms with Crippen LogP contribution in [0.3, 0.4) is 0 Å². The lowest BCUT2D eigenvalue weighted by molar-refractivity contribution is -0.119. The summed E-state index contributed by atoms with van der Waals surface area (Å²) in [5.41, 5.74) is 0.157. The molecule has 2 heterocycles. The number of benzene rings is 1. The fourth-order valence-corrected chi connectivity index (χ4v) is 3.98. The normalized spacial score (nSPS) is 23.4. The Balaban J connectivity index is 1.35. The number of rotatable bonds is 7. The third kappa shape index (κ3) is 4.84. The molecule has 1 saturated carbocycles. The monoisotopic (exact) mass is 420 g/mol. The molecule has 0 bridgehead atoms. The highest BCUT2D eigenvalue weighted by atomic mass is 19.1. The molecule has 2 amide bonds. The minimum Gasteiger partial charge on any atom is -0.442 e. The van der Waals surface area contributed by atoms with Crippen LogP contribution in [0.25, 0.3) is 0 Å². The second kappa shape index (κ2) is 8.39. The van der Waals surface area contributed by atoms with E-state index in [2.05, 4.69) is 10.6 Å². The zero-order chi connectivity index (χ0) is 21.3. The Bertz CT molecular complexity index is 808. The van der Waals surface area contributed by atoms with E-state index < -0.39 is 23.6 Å². The molecular weight excluding hydrogens is 391 g/mol. The van der Waals surface area contributed by atoms with Crippen molar-refractivity contribution in [3.05, 3.63) is 24.0 Å². The van der Waals surface area contributed by atoms with E-state index in [9.17, 15) is 19.1 Å². The molecule has 0 spiro atoms. The van der Waals surface area contributed by atoms with E-state index in [4.69, 9.17) is 4.74 Å². The molecule has 1 aromatic carbocycles. The molecule has 0 radical (unpaired) electrons. The number of amides is 2. The smallest absolute Gasteiger partial charge is 0.414 e. The molecule has 2 aliphatic heterocycles. The summed E-state index contributed by atoms with van der Waals surface area (Å²) in [5, 5.41) is 16.7. The van der Waals surface area contributed by atoms with Gasteiger partial charge < -0.3 is 25.4 Å². The van der Waals surface area contributed by atoms with Gasteiger partial charge in [-0.2, -0.15) is 0 Å². The number of aliphatic hydroxyl groups is 1. The van der Waals surface area contributed by atoms with E-state index in [0.29, 0.717) is 49.9 Å². The number of ether oxygens (including phenoxy) is 1. The van der Waals surface area contributed by atoms with Crippen LogP contribution in [0.2, 0.25) is 0 Å². The van der Waals surface area contributed by atoms with Crippen molar-refractivity contribution in [3.8, 4) is 0 Å². The molecule has 4 rings (SSSR count). The number of cyclic esters (lactones) is 1. The second-order valence-corrected chi connectivity index (χ2v) is 8.56. The molecule has 164 valence electrons. The summed E-state index contributed by atoms with van der Waals surface area (Å²) in [7, 11) is 0. The average Bonchev–Trinajstić information content (AvgIpc) is 3.47. The third-order valence-corrected chi connectivity index (χ3v) is 6.03. The standard InChI is InChI=1S/C21H29FN4O4/c1-14(27)23-11-17-12-26(20(28)30-17)16-4-5-19(18(22)10-16)25-8-6-21(29,7-9-25)13-24-15-2-3-15/h4-5,10,15,17,24,29H,2-3,6-9,11-13H2,1H3,(H,23,27). The summed E-state index contributed by atoms with van der Waals surface area (Å²) in [4.78, 5) is 26.5. The van der Waals surface area contributed by atoms with Gasteiger partial charge >= 0.3 is 6.09 Å². The van der Waals surface area contributed by atoms with Crippen molar-refractivity contribution in [2.45, 2.75) is 50.4 Å². The molecule has 3 fully saturated rings. The fraction of sp³-hybridized carbons (Fsp3) is 0.619. The van der Waals surface area contributed by atoms with E-state index in [0.717, 1.165) is 0 Å². The minimum absolute atomic E-state index is 0.198. The number of anilines is 2. The zero-order valence-corrected chi connectivity index (χ0v) is 17.2. The summed E-state index contributed by atoms with van der Waals surface area (Å²) in [6, 6.07) is 5.27. The van der Waals surface area contributed by atoms with Gasteiger partial charge in [-0.15, -0.1) is 0 Å². The lowest BCUT2D eigenvalue weighted by atomic mass is 9.91. The first-order valence-corrected chi connectivity index (χ1v) is 10.6. The average molecular weight is 420 g/mol. The Morgan fingerprint density at radius 1 is 1.33 bits per heavy atom. The number of hydrogen-bond donors (Lipinski definition) is 3. The largest absolute Gasteiger partial charge is 0.442 e. The number of nitrogens with one attached hydrogen (secondary N) is 2. The summed E-state index contributed by atoms with van der Waals surface area (Å²) in [6.07, 6.45) is 2.50. The lowest BCUT2D eigenvalue weighted by Crippen LogP contribution is -2.50. The van der Waals surface area contributed by atoms with Gasteiger partial charge in [-0.25, -0.2) is 9.18 Å². The molecule has 30 heavy (non-hydrogen) atoms. The van der Waals surface area contributed by atoms with Crippen LogP contribution in [0.1, 0.15) is 32.6 Å². The Hall–Kier alpha value is -2.39. The van der Waals surface area contributed by atoms with Gasteiger partial charge in [-0.3, -0.25) is 9.69 Å². The highest BCUT2D eigenvalue weighted by molar-refractivity contribution is 5.90. The zero-order valence-electron chi connectivity index (χ0n) is 17.2. The summed E-state index contributed by atoms with van der Waals surface area (Å²) in [5.74, 6) is -0.608. The summed E-state index contributed by atoms with van der Waals surface area (Å²) in [6.45, 7) is 3.61. The van der Waals surface area contributed by atoms with E-state index in [1.54, 1.807) is 12.1 Å². The van der Waals surface area contributed by atoms with Crippen molar-refractivity contribution < 1.29 is 23.8 Å². The van der Waals surface area contributed by atoms with Gasteiger partial charge in [0.15, 0.2) is 0 Å². The van der Waals surface area contributed by atoms with Crippen LogP contribution in [-0.2, 0) is 9.53 Å². The van der Waals surface area contributed by atoms with Crippen molar-refractivity contribution in [1.82, 2.24) is 10.6 Å². The van der Waals surface area contributed by atoms with Gasteiger partial charge in [0, 0.05) is 32.6 Å². The predicted octanol–water partition coefficient (Wildman–Crippen LogP) is 1.37. The van der Waals surface area contributed by atoms with Gasteiger partial charge in [-0.05, 0) is 43.9 Å². The number of carbonyl (C=O) groups excluding carboxylic acids is 2. The molecular formula is C21H29FN4O4. The predicted molar refractivity (Wildman–Crippen MR) is 110 cm³/mol. The van der Waals surface area contributed by atoms with Crippen molar-refractivity contribution in [3.63, 3.8) is 0 Å². The molecule has 1 atom stereocenters. The SMILES string of the molecule is CC(=O)NCC1CN(c2ccc(N3CCC(O)(CNC4CC4)CC3)c(F)c2)C(=O)O1. The molecule has 9 heteroatoms. The quantitative estimate of drug-likeness (QED) is 0.617. The summed E-state index contributed by atoms with van der Waals surface area (Å²) >= 11 is 0. The molecule has 2 saturated heterocycles. The van der Waals surface area contributed by atoms with E-state index in [-0.39, 0.29) is 19.0 Å². The molecule has 1 aliphatic carbocycles. The van der Waals surface area contributed by atoms with Gasteiger partial charge in [-0.1, -0.05) is 0 Å². The first-order valence-electron chi connectivity index (χ1n) is 10.6. The van der Waals surface area contributed by atoms with Crippen molar-refractivity contribution in [2.75, 3.05) is 42.5 Å². The fourth-order valence-electron chi connectivity index (χ4n) is 3.98. The van der Waals surface area contributed by atoms with Crippen LogP contribution in [0.15, 0.2) is 18.2 Å². The van der Waals surface area contributed by atoms with E-state index in [1.165, 1.54) is 30.7 Å². The molecule has 8 nitrogen and oxygen atoms in total. The van der Waals surface area contributed by atoms with E-state index >= 15 is 0 Å². The number of hydrogen-bond acceptors (Lipinski definition) is 6. The van der Waals surface area contributed by atoms with Crippen molar-refractivity contribution in [1.29, 1.82) is 0 Å². The maximum absolute atomic E-state index is 14.9. The van der Waals surface area contributed by atoms with Crippen LogP contribution in [0, 0.1) is 5.82 Å². The van der Waals surface area contributed by atoms with Crippen LogP contribution >= 0.6 is 0 Å². The van der Waals surface area contributed by atoms with E-state index in [1.807, 2.05) is 4.90 Å². The van der Waals surface area contributed by atoms with Crippen molar-refractivity contribution in [2.24, 2.45) is 0 Å². The van der Waals surface area contributed by atoms with Gasteiger partial charge in [0.25, 0.3) is 0 Å². The number of halogens is 1. The molecule has 3 aliphatic rings. The first kappa shape index (κ1) is 20.9. The topological polar surface area (TPSA) is 94.1 Å². The highest BCUT2D eigenvalue weighted by Gasteiger charge is 2.36. The maximum atomic E-state index is 14.9. The Morgan fingerprint density at radius 3 is 2.70 bits per heavy atom. The molecule has 3 N–H and O–H groups in total. The van der Waals surface area contributed by atoms with Crippen molar-refractivity contribution >= 4 is 23.4 Å². The third-order valence-electron chi connectivity index (χ3n) is 6.03. The lowest BCUT2D eigenvalue weighted by Gasteiger charge is -2.39. The second-order valence-electron chi connectivity index (χ2n) is 8.56. The van der Waals surface area contributed by atoms with Crippen LogP contribution in [0.5, 0.6) is 0 Å². The number of carbonyl (C=O) groups is 2. The molecule has 1 aromatic rings. The van der Waals surface area contributed by atoms with Gasteiger partial charge in [0.1, 0.15) is 11.9 Å². The summed E-state index contributed by atoms with van der Waals surface area (Å²) < 4.78 is 20.1. The number of piperidine rings is 1. The maximum Gasteiger partial charge on any atom is 0.414 e.